The van der Waals surface area contributed by atoms with Crippen LogP contribution in [0.1, 0.15) is 5.69 Å². The number of nitrogens with one attached hydrogen (secondary N) is 1. The van der Waals surface area contributed by atoms with E-state index in [1.165, 1.54) is 16.7 Å². The van der Waals surface area contributed by atoms with Crippen LogP contribution in [0.15, 0.2) is 38.2 Å². The summed E-state index contributed by atoms with van der Waals surface area (Å²) in [5.41, 5.74) is 0.400. The molecule has 1 N–H and O–H groups in total. The lowest BCUT2D eigenvalue weighted by Gasteiger charge is -2.09. The molecule has 2 aromatic rings. The fourth-order valence-electron chi connectivity index (χ4n) is 2.19. The lowest BCUT2D eigenvalue weighted by atomic mass is 10.3. The summed E-state index contributed by atoms with van der Waals surface area (Å²) >= 11 is 2.15. The first-order valence-electron chi connectivity index (χ1n) is 7.78. The highest BCUT2D eigenvalue weighted by Gasteiger charge is 2.22. The van der Waals surface area contributed by atoms with Crippen LogP contribution in [-0.2, 0) is 26.1 Å². The van der Waals surface area contributed by atoms with E-state index in [1.54, 1.807) is 18.6 Å². The minimum Gasteiger partial charge on any atom is -0.463 e. The van der Waals surface area contributed by atoms with Gasteiger partial charge in [0.1, 0.15) is 13.2 Å². The molecule has 0 saturated carbocycles. The molecule has 1 aromatic heterocycles. The molecule has 0 atom stereocenters. The van der Waals surface area contributed by atoms with E-state index in [9.17, 15) is 28.1 Å². The number of aryl methyl sites for hydroxylation is 1. The third kappa shape index (κ3) is 5.41. The monoisotopic (exact) mass is 447 g/mol. The Morgan fingerprint density at radius 3 is 2.71 bits per heavy atom. The summed E-state index contributed by atoms with van der Waals surface area (Å²) in [6.07, 6.45) is 1.64. The van der Waals surface area contributed by atoms with Crippen molar-refractivity contribution >= 4 is 44.8 Å². The quantitative estimate of drug-likeness (QED) is 0.263. The van der Waals surface area contributed by atoms with Gasteiger partial charge in [0.05, 0.1) is 21.3 Å². The number of aromatic nitrogens is 1. The smallest absolute Gasteiger partial charge is 0.321 e. The molecule has 0 spiro atoms. The Morgan fingerprint density at radius 2 is 2.14 bits per heavy atom. The van der Waals surface area contributed by atoms with Crippen LogP contribution in [0.3, 0.4) is 0 Å². The average Bonchev–Trinajstić information content (AvgIpc) is 2.97. The van der Waals surface area contributed by atoms with E-state index in [2.05, 4.69) is 0 Å². The zero-order chi connectivity index (χ0) is 20.9. The van der Waals surface area contributed by atoms with Crippen molar-refractivity contribution in [2.45, 2.75) is 23.3 Å². The Hall–Kier alpha value is -2.22. The van der Waals surface area contributed by atoms with Crippen molar-refractivity contribution in [1.29, 1.82) is 0 Å². The summed E-state index contributed by atoms with van der Waals surface area (Å²) in [6.45, 7) is 1.17. The van der Waals surface area contributed by atoms with Crippen molar-refractivity contribution in [3.05, 3.63) is 49.1 Å². The molecule has 1 aromatic carbocycles. The Morgan fingerprint density at radius 1 is 1.43 bits per heavy atom. The topological polar surface area (TPSA) is 138 Å². The molecule has 28 heavy (non-hydrogen) atoms. The number of hydrogen-bond acceptors (Lipinski definition) is 9. The number of esters is 1. The number of carbonyl (C=O) groups is 1. The van der Waals surface area contributed by atoms with Crippen LogP contribution in [0, 0.1) is 17.0 Å². The van der Waals surface area contributed by atoms with E-state index in [1.807, 2.05) is 4.72 Å². The number of benzene rings is 1. The molecule has 152 valence electrons. The molecule has 0 aliphatic heterocycles. The molecular formula is C15H17N3O7S3. The average molecular weight is 448 g/mol. The lowest BCUT2D eigenvalue weighted by molar-refractivity contribution is -0.387. The molecule has 10 nitrogen and oxygen atoms in total. The zero-order valence-electron chi connectivity index (χ0n) is 14.9. The summed E-state index contributed by atoms with van der Waals surface area (Å²) in [4.78, 5) is 33.5. The second-order valence-corrected chi connectivity index (χ2v) is 8.87. The van der Waals surface area contributed by atoms with Crippen LogP contribution in [0.2, 0.25) is 0 Å². The minimum atomic E-state index is -4.14. The summed E-state index contributed by atoms with van der Waals surface area (Å²) < 4.78 is 32.9. The highest BCUT2D eigenvalue weighted by Crippen LogP contribution is 2.29. The molecule has 2 rings (SSSR count). The Balaban J connectivity index is 1.95. The lowest BCUT2D eigenvalue weighted by Crippen LogP contribution is -2.31. The van der Waals surface area contributed by atoms with Gasteiger partial charge in [0, 0.05) is 17.1 Å². The molecule has 13 heteroatoms. The molecule has 0 aliphatic carbocycles. The number of ether oxygens (including phenoxy) is 1. The van der Waals surface area contributed by atoms with E-state index < -0.39 is 27.5 Å². The van der Waals surface area contributed by atoms with Gasteiger partial charge in [0.2, 0.25) is 10.0 Å². The largest absolute Gasteiger partial charge is 0.463 e. The number of sulfonamides is 1. The van der Waals surface area contributed by atoms with Crippen molar-refractivity contribution in [3.8, 4) is 0 Å². The van der Waals surface area contributed by atoms with Gasteiger partial charge in [-0.2, -0.15) is 4.72 Å². The van der Waals surface area contributed by atoms with Crippen LogP contribution in [-0.4, -0.2) is 43.3 Å². The molecule has 0 aliphatic rings. The molecule has 0 radical (unpaired) electrons. The van der Waals surface area contributed by atoms with Gasteiger partial charge in [-0.3, -0.25) is 24.3 Å². The number of hydrogen-bond donors (Lipinski definition) is 1. The number of thioether (sulfide) groups is 1. The van der Waals surface area contributed by atoms with Gasteiger partial charge in [-0.05, 0) is 25.3 Å². The molecule has 0 unspecified atom stereocenters. The van der Waals surface area contributed by atoms with Gasteiger partial charge >= 0.3 is 10.8 Å². The van der Waals surface area contributed by atoms with Gasteiger partial charge in [-0.15, -0.1) is 11.8 Å². The van der Waals surface area contributed by atoms with Crippen LogP contribution >= 0.6 is 23.1 Å². The standard InChI is InChI=1S/C15H17N3O7S3/c1-10-9-27-15(20)17(10)5-6-25-14(19)8-16-28(23,24)11-3-4-13(26-2)12(7-11)18(21)22/h3-4,7,9,16H,5-6,8H2,1-2H3. The van der Waals surface area contributed by atoms with Crippen molar-refractivity contribution < 1.29 is 22.9 Å². The third-order valence-corrected chi connectivity index (χ3v) is 6.68. The minimum absolute atomic E-state index is 0.0913. The summed E-state index contributed by atoms with van der Waals surface area (Å²) in [5, 5.41) is 12.7. The van der Waals surface area contributed by atoms with Crippen molar-refractivity contribution in [2.24, 2.45) is 0 Å². The molecular weight excluding hydrogens is 430 g/mol. The second-order valence-electron chi connectivity index (χ2n) is 5.43. The van der Waals surface area contributed by atoms with Gasteiger partial charge in [-0.25, -0.2) is 8.42 Å². The number of nitro benzene ring substituents is 1. The van der Waals surface area contributed by atoms with E-state index in [0.29, 0.717) is 4.90 Å². The maximum atomic E-state index is 12.3. The molecule has 0 saturated heterocycles. The van der Waals surface area contributed by atoms with E-state index in [-0.39, 0.29) is 28.6 Å². The SMILES string of the molecule is CSc1ccc(S(=O)(=O)NCC(=O)OCCn2c(C)csc2=O)cc1[N+](=O)[O-]. The summed E-state index contributed by atoms with van der Waals surface area (Å²) in [7, 11) is -4.14. The zero-order valence-corrected chi connectivity index (χ0v) is 17.4. The maximum Gasteiger partial charge on any atom is 0.321 e. The summed E-state index contributed by atoms with van der Waals surface area (Å²) in [6, 6.07) is 3.49. The fourth-order valence-corrected chi connectivity index (χ4v) is 4.49. The Kier molecular flexibility index (Phi) is 7.35. The summed E-state index contributed by atoms with van der Waals surface area (Å²) in [5.74, 6) is -0.834. The Bertz CT molecular complexity index is 1040. The highest BCUT2D eigenvalue weighted by atomic mass is 32.2. The van der Waals surface area contributed by atoms with Crippen LogP contribution in [0.25, 0.3) is 0 Å². The highest BCUT2D eigenvalue weighted by molar-refractivity contribution is 7.98. The molecule has 0 fully saturated rings. The van der Waals surface area contributed by atoms with Gasteiger partial charge in [0.25, 0.3) is 5.69 Å². The van der Waals surface area contributed by atoms with Crippen LogP contribution in [0.4, 0.5) is 5.69 Å². The van der Waals surface area contributed by atoms with Crippen molar-refractivity contribution in [3.63, 3.8) is 0 Å². The van der Waals surface area contributed by atoms with Crippen LogP contribution < -0.4 is 9.60 Å². The third-order valence-electron chi connectivity index (χ3n) is 3.62. The van der Waals surface area contributed by atoms with E-state index in [4.69, 9.17) is 4.74 Å². The first-order chi connectivity index (χ1) is 13.2. The number of nitrogens with zero attached hydrogens (tertiary/aromatic N) is 2. The van der Waals surface area contributed by atoms with Gasteiger partial charge < -0.3 is 4.74 Å². The normalized spacial score (nSPS) is 11.4. The van der Waals surface area contributed by atoms with Crippen molar-refractivity contribution in [1.82, 2.24) is 9.29 Å². The van der Waals surface area contributed by atoms with E-state index >= 15 is 0 Å². The number of nitro groups is 1. The van der Waals surface area contributed by atoms with Crippen molar-refractivity contribution in [2.75, 3.05) is 19.4 Å². The van der Waals surface area contributed by atoms with E-state index in [0.717, 1.165) is 34.9 Å². The molecule has 1 heterocycles. The first kappa shape index (κ1) is 22.1. The number of thiazole rings is 1. The maximum absolute atomic E-state index is 12.3. The predicted octanol–water partition coefficient (Wildman–Crippen LogP) is 1.37. The number of rotatable bonds is 9. The fraction of sp³-hybridized carbons (Fsp3) is 0.333. The van der Waals surface area contributed by atoms with Gasteiger partial charge in [0.15, 0.2) is 0 Å². The predicted molar refractivity (Wildman–Crippen MR) is 104 cm³/mol. The van der Waals surface area contributed by atoms with Gasteiger partial charge in [-0.1, -0.05) is 11.3 Å². The van der Waals surface area contributed by atoms with Crippen LogP contribution in [0.5, 0.6) is 0 Å². The number of carbonyl (C=O) groups excluding carboxylic acids is 1. The molecule has 0 amide bonds. The second kappa shape index (κ2) is 9.32. The molecule has 0 bridgehead atoms. The first-order valence-corrected chi connectivity index (χ1v) is 11.4. The Labute approximate surface area is 168 Å².